The van der Waals surface area contributed by atoms with Crippen LogP contribution in [-0.2, 0) is 0 Å². The number of nitrogens with one attached hydrogen (secondary N) is 1. The zero-order valence-electron chi connectivity index (χ0n) is 10.5. The van der Waals surface area contributed by atoms with Gasteiger partial charge in [0.25, 0.3) is 0 Å². The van der Waals surface area contributed by atoms with Gasteiger partial charge in [0.15, 0.2) is 11.5 Å². The minimum Gasteiger partial charge on any atom is -0.368 e. The largest absolute Gasteiger partial charge is 0.368 e. The summed E-state index contributed by atoms with van der Waals surface area (Å²) in [6.45, 7) is 2.87. The lowest BCUT2D eigenvalue weighted by molar-refractivity contribution is 0.964. The van der Waals surface area contributed by atoms with E-state index in [9.17, 15) is 0 Å². The van der Waals surface area contributed by atoms with Crippen LogP contribution in [0.15, 0.2) is 30.5 Å². The zero-order valence-corrected chi connectivity index (χ0v) is 11.3. The van der Waals surface area contributed by atoms with Crippen molar-refractivity contribution in [2.45, 2.75) is 13.3 Å². The molecule has 4 nitrogen and oxygen atoms in total. The second-order valence-electron chi connectivity index (χ2n) is 4.00. The highest BCUT2D eigenvalue weighted by Gasteiger charge is 2.10. The number of nitriles is 1. The van der Waals surface area contributed by atoms with Crippen LogP contribution in [0.1, 0.15) is 19.0 Å². The van der Waals surface area contributed by atoms with Crippen molar-refractivity contribution in [1.29, 1.82) is 5.26 Å². The minimum absolute atomic E-state index is 0.289. The van der Waals surface area contributed by atoms with Gasteiger partial charge in [0, 0.05) is 17.1 Å². The van der Waals surface area contributed by atoms with Crippen LogP contribution in [0.2, 0.25) is 5.02 Å². The molecule has 0 saturated heterocycles. The summed E-state index contributed by atoms with van der Waals surface area (Å²) in [5.74, 6) is 0.670. The molecule has 0 atom stereocenters. The Hall–Kier alpha value is -2.12. The van der Waals surface area contributed by atoms with E-state index in [1.807, 2.05) is 24.3 Å². The van der Waals surface area contributed by atoms with Crippen LogP contribution in [0.5, 0.6) is 0 Å². The van der Waals surface area contributed by atoms with Crippen LogP contribution in [0.4, 0.5) is 5.82 Å². The number of rotatable bonds is 4. The standard InChI is InChI=1S/C14H13ClN4/c1-2-6-17-14-13(19-12(8-16)9-18-14)10-4-3-5-11(15)7-10/h3-5,7,9H,2,6H2,1H3,(H,17,18). The Morgan fingerprint density at radius 3 is 2.95 bits per heavy atom. The SMILES string of the molecule is CCCNc1ncc(C#N)nc1-c1cccc(Cl)c1. The number of anilines is 1. The first-order valence-electron chi connectivity index (χ1n) is 6.01. The van der Waals surface area contributed by atoms with Gasteiger partial charge in [-0.15, -0.1) is 0 Å². The monoisotopic (exact) mass is 272 g/mol. The van der Waals surface area contributed by atoms with E-state index in [4.69, 9.17) is 16.9 Å². The maximum atomic E-state index is 8.93. The molecule has 0 unspecified atom stereocenters. The topological polar surface area (TPSA) is 61.6 Å². The Bertz CT molecular complexity index is 619. The molecule has 0 spiro atoms. The van der Waals surface area contributed by atoms with Gasteiger partial charge in [-0.2, -0.15) is 5.26 Å². The third-order valence-corrected chi connectivity index (χ3v) is 2.76. The van der Waals surface area contributed by atoms with Crippen LogP contribution in [0.3, 0.4) is 0 Å². The molecule has 5 heteroatoms. The van der Waals surface area contributed by atoms with E-state index in [1.165, 1.54) is 6.20 Å². The number of halogens is 1. The highest BCUT2D eigenvalue weighted by molar-refractivity contribution is 6.30. The fourth-order valence-electron chi connectivity index (χ4n) is 1.65. The third kappa shape index (κ3) is 3.21. The first-order valence-corrected chi connectivity index (χ1v) is 6.39. The molecule has 2 aromatic rings. The second-order valence-corrected chi connectivity index (χ2v) is 4.44. The molecule has 0 aliphatic carbocycles. The van der Waals surface area contributed by atoms with Gasteiger partial charge in [-0.05, 0) is 18.6 Å². The van der Waals surface area contributed by atoms with Crippen LogP contribution >= 0.6 is 11.6 Å². The normalized spacial score (nSPS) is 9.95. The predicted molar refractivity (Wildman–Crippen MR) is 76.0 cm³/mol. The highest BCUT2D eigenvalue weighted by Crippen LogP contribution is 2.26. The molecule has 0 aliphatic heterocycles. The quantitative estimate of drug-likeness (QED) is 0.925. The van der Waals surface area contributed by atoms with Gasteiger partial charge >= 0.3 is 0 Å². The van der Waals surface area contributed by atoms with Gasteiger partial charge in [0.2, 0.25) is 0 Å². The van der Waals surface area contributed by atoms with Crippen molar-refractivity contribution in [1.82, 2.24) is 9.97 Å². The molecule has 0 amide bonds. The maximum absolute atomic E-state index is 8.93. The first-order chi connectivity index (χ1) is 9.24. The molecule has 19 heavy (non-hydrogen) atoms. The fourth-order valence-corrected chi connectivity index (χ4v) is 1.84. The lowest BCUT2D eigenvalue weighted by Crippen LogP contribution is -2.05. The summed E-state index contributed by atoms with van der Waals surface area (Å²) in [5.41, 5.74) is 1.78. The van der Waals surface area contributed by atoms with Crippen molar-refractivity contribution in [2.24, 2.45) is 0 Å². The summed E-state index contributed by atoms with van der Waals surface area (Å²) < 4.78 is 0. The Morgan fingerprint density at radius 1 is 1.42 bits per heavy atom. The molecule has 0 fully saturated rings. The molecule has 0 bridgehead atoms. The summed E-state index contributed by atoms with van der Waals surface area (Å²) in [7, 11) is 0. The van der Waals surface area contributed by atoms with Crippen molar-refractivity contribution >= 4 is 17.4 Å². The molecule has 96 valence electrons. The molecule has 1 N–H and O–H groups in total. The van der Waals surface area contributed by atoms with E-state index < -0.39 is 0 Å². The summed E-state index contributed by atoms with van der Waals surface area (Å²) in [6.07, 6.45) is 2.45. The third-order valence-electron chi connectivity index (χ3n) is 2.53. The first kappa shape index (κ1) is 13.3. The molecule has 0 aliphatic rings. The molecule has 0 saturated carbocycles. The van der Waals surface area contributed by atoms with Gasteiger partial charge in [-0.25, -0.2) is 9.97 Å². The number of hydrogen-bond donors (Lipinski definition) is 1. The van der Waals surface area contributed by atoms with Crippen molar-refractivity contribution in [3.63, 3.8) is 0 Å². The van der Waals surface area contributed by atoms with Crippen molar-refractivity contribution in [3.05, 3.63) is 41.2 Å². The Balaban J connectivity index is 2.49. The predicted octanol–water partition coefficient (Wildman–Crippen LogP) is 3.49. The lowest BCUT2D eigenvalue weighted by Gasteiger charge is -2.10. The van der Waals surface area contributed by atoms with Crippen LogP contribution in [0, 0.1) is 11.3 Å². The van der Waals surface area contributed by atoms with E-state index in [-0.39, 0.29) is 5.69 Å². The maximum Gasteiger partial charge on any atom is 0.159 e. The van der Waals surface area contributed by atoms with E-state index in [0.717, 1.165) is 18.5 Å². The Labute approximate surface area is 117 Å². The fraction of sp³-hybridized carbons (Fsp3) is 0.214. The van der Waals surface area contributed by atoms with Gasteiger partial charge in [-0.1, -0.05) is 30.7 Å². The molecule has 2 rings (SSSR count). The number of hydrogen-bond acceptors (Lipinski definition) is 4. The Morgan fingerprint density at radius 2 is 2.26 bits per heavy atom. The summed E-state index contributed by atoms with van der Waals surface area (Å²) >= 11 is 5.99. The van der Waals surface area contributed by atoms with E-state index >= 15 is 0 Å². The molecular formula is C14H13ClN4. The number of nitrogens with zero attached hydrogens (tertiary/aromatic N) is 3. The average Bonchev–Trinajstić information content (AvgIpc) is 2.45. The second kappa shape index (κ2) is 6.17. The van der Waals surface area contributed by atoms with Crippen molar-refractivity contribution < 1.29 is 0 Å². The van der Waals surface area contributed by atoms with Crippen LogP contribution < -0.4 is 5.32 Å². The van der Waals surface area contributed by atoms with Gasteiger partial charge in [0.1, 0.15) is 11.8 Å². The molecule has 0 radical (unpaired) electrons. The van der Waals surface area contributed by atoms with Gasteiger partial charge < -0.3 is 5.32 Å². The van der Waals surface area contributed by atoms with Gasteiger partial charge in [0.05, 0.1) is 6.20 Å². The zero-order chi connectivity index (χ0) is 13.7. The number of benzene rings is 1. The van der Waals surface area contributed by atoms with Crippen molar-refractivity contribution in [2.75, 3.05) is 11.9 Å². The van der Waals surface area contributed by atoms with E-state index in [1.54, 1.807) is 6.07 Å². The smallest absolute Gasteiger partial charge is 0.159 e. The molecular weight excluding hydrogens is 260 g/mol. The molecule has 1 aromatic carbocycles. The number of aromatic nitrogens is 2. The summed E-state index contributed by atoms with van der Waals surface area (Å²) in [5, 5.41) is 12.8. The average molecular weight is 273 g/mol. The van der Waals surface area contributed by atoms with Crippen LogP contribution in [0.25, 0.3) is 11.3 Å². The minimum atomic E-state index is 0.289. The molecule has 1 aromatic heterocycles. The van der Waals surface area contributed by atoms with E-state index in [2.05, 4.69) is 22.2 Å². The van der Waals surface area contributed by atoms with Crippen LogP contribution in [-0.4, -0.2) is 16.5 Å². The van der Waals surface area contributed by atoms with Crippen molar-refractivity contribution in [3.8, 4) is 17.3 Å². The van der Waals surface area contributed by atoms with Gasteiger partial charge in [-0.3, -0.25) is 0 Å². The highest BCUT2D eigenvalue weighted by atomic mass is 35.5. The summed E-state index contributed by atoms with van der Waals surface area (Å²) in [6, 6.07) is 9.35. The lowest BCUT2D eigenvalue weighted by atomic mass is 10.1. The van der Waals surface area contributed by atoms with E-state index in [0.29, 0.717) is 16.5 Å². The Kier molecular flexibility index (Phi) is 4.32. The molecule has 1 heterocycles. The summed E-state index contributed by atoms with van der Waals surface area (Å²) in [4.78, 5) is 8.56.